The third-order valence-electron chi connectivity index (χ3n) is 3.10. The minimum absolute atomic E-state index is 0.430. The molecule has 3 aromatic rings. The fourth-order valence-corrected chi connectivity index (χ4v) is 2.30. The first-order valence-electron chi connectivity index (χ1n) is 5.89. The van der Waals surface area contributed by atoms with Crippen LogP contribution in [0.4, 0.5) is 0 Å². The Morgan fingerprint density at radius 1 is 1.28 bits per heavy atom. The van der Waals surface area contributed by atoms with E-state index in [1.807, 2.05) is 19.9 Å². The zero-order chi connectivity index (χ0) is 12.7. The Hall–Kier alpha value is -2.14. The van der Waals surface area contributed by atoms with E-state index in [0.29, 0.717) is 6.54 Å². The summed E-state index contributed by atoms with van der Waals surface area (Å²) in [4.78, 5) is 7.64. The van der Waals surface area contributed by atoms with Gasteiger partial charge in [-0.05, 0) is 31.5 Å². The van der Waals surface area contributed by atoms with Gasteiger partial charge in [0, 0.05) is 17.8 Å². The van der Waals surface area contributed by atoms with Crippen molar-refractivity contribution in [1.29, 1.82) is 0 Å². The number of H-pyrrole nitrogens is 2. The van der Waals surface area contributed by atoms with Crippen molar-refractivity contribution in [2.24, 2.45) is 5.73 Å². The predicted octanol–water partition coefficient (Wildman–Crippen LogP) is 2.03. The van der Waals surface area contributed by atoms with Gasteiger partial charge in [-0.1, -0.05) is 6.07 Å². The molecule has 0 spiro atoms. The molecule has 0 bridgehead atoms. The van der Waals surface area contributed by atoms with Crippen LogP contribution >= 0.6 is 0 Å². The maximum atomic E-state index is 5.72. The largest absolute Gasteiger partial charge is 0.342 e. The van der Waals surface area contributed by atoms with Crippen LogP contribution < -0.4 is 5.73 Å². The number of nitrogens with two attached hydrogens (primary N) is 1. The van der Waals surface area contributed by atoms with Gasteiger partial charge in [-0.25, -0.2) is 4.98 Å². The summed E-state index contributed by atoms with van der Waals surface area (Å²) in [7, 11) is 0. The molecule has 3 rings (SSSR count). The molecule has 0 saturated carbocycles. The average molecular weight is 241 g/mol. The molecule has 2 heterocycles. The molecule has 0 fully saturated rings. The quantitative estimate of drug-likeness (QED) is 0.642. The first-order chi connectivity index (χ1) is 8.69. The second-order valence-electron chi connectivity index (χ2n) is 4.43. The Labute approximate surface area is 104 Å². The minimum Gasteiger partial charge on any atom is -0.342 e. The summed E-state index contributed by atoms with van der Waals surface area (Å²) in [6, 6.07) is 6.16. The number of imidazole rings is 1. The Balaban J connectivity index is 2.21. The fourth-order valence-electron chi connectivity index (χ4n) is 2.30. The van der Waals surface area contributed by atoms with Gasteiger partial charge in [0.1, 0.15) is 5.82 Å². The highest BCUT2D eigenvalue weighted by atomic mass is 15.1. The number of rotatable bonds is 2. The molecule has 5 heteroatoms. The average Bonchev–Trinajstić information content (AvgIpc) is 2.89. The van der Waals surface area contributed by atoms with Crippen LogP contribution in [0.1, 0.15) is 17.2 Å². The highest BCUT2D eigenvalue weighted by molar-refractivity contribution is 5.83. The minimum atomic E-state index is 0.430. The third-order valence-corrected chi connectivity index (χ3v) is 3.10. The highest BCUT2D eigenvalue weighted by Crippen LogP contribution is 2.27. The first kappa shape index (κ1) is 11.0. The van der Waals surface area contributed by atoms with Gasteiger partial charge < -0.3 is 10.7 Å². The van der Waals surface area contributed by atoms with Crippen molar-refractivity contribution in [2.75, 3.05) is 0 Å². The number of aromatic nitrogens is 4. The Morgan fingerprint density at radius 2 is 2.11 bits per heavy atom. The Kier molecular flexibility index (Phi) is 2.41. The van der Waals surface area contributed by atoms with E-state index < -0.39 is 0 Å². The maximum Gasteiger partial charge on any atom is 0.104 e. The molecule has 4 N–H and O–H groups in total. The molecular weight excluding hydrogens is 226 g/mol. The Morgan fingerprint density at radius 3 is 2.89 bits per heavy atom. The van der Waals surface area contributed by atoms with Crippen molar-refractivity contribution >= 4 is 11.0 Å². The lowest BCUT2D eigenvalue weighted by molar-refractivity contribution is 0.940. The number of hydrogen-bond donors (Lipinski definition) is 3. The topological polar surface area (TPSA) is 83.4 Å². The van der Waals surface area contributed by atoms with E-state index in [4.69, 9.17) is 5.73 Å². The molecule has 92 valence electrons. The van der Waals surface area contributed by atoms with Gasteiger partial charge >= 0.3 is 0 Å². The van der Waals surface area contributed by atoms with Crippen molar-refractivity contribution in [3.8, 4) is 11.1 Å². The molecule has 1 aromatic carbocycles. The summed E-state index contributed by atoms with van der Waals surface area (Å²) < 4.78 is 0. The number of nitrogens with zero attached hydrogens (tertiary/aromatic N) is 2. The molecule has 0 atom stereocenters. The van der Waals surface area contributed by atoms with E-state index in [0.717, 1.165) is 39.4 Å². The summed E-state index contributed by atoms with van der Waals surface area (Å²) in [5, 5.41) is 7.20. The number of fused-ring (bicyclic) bond motifs is 1. The van der Waals surface area contributed by atoms with Crippen molar-refractivity contribution in [3.63, 3.8) is 0 Å². The van der Waals surface area contributed by atoms with E-state index in [1.54, 1.807) is 0 Å². The van der Waals surface area contributed by atoms with Crippen molar-refractivity contribution in [1.82, 2.24) is 20.2 Å². The second kappa shape index (κ2) is 3.96. The number of aryl methyl sites for hydroxylation is 2. The number of benzene rings is 1. The monoisotopic (exact) mass is 241 g/mol. The van der Waals surface area contributed by atoms with Gasteiger partial charge in [-0.3, -0.25) is 5.10 Å². The smallest absolute Gasteiger partial charge is 0.104 e. The molecule has 2 aromatic heterocycles. The van der Waals surface area contributed by atoms with Crippen LogP contribution in [0.25, 0.3) is 22.2 Å². The molecule has 0 amide bonds. The summed E-state index contributed by atoms with van der Waals surface area (Å²) in [6.45, 7) is 4.39. The highest BCUT2D eigenvalue weighted by Gasteiger charge is 2.12. The van der Waals surface area contributed by atoms with Crippen molar-refractivity contribution < 1.29 is 0 Å². The third kappa shape index (κ3) is 1.60. The molecule has 0 unspecified atom stereocenters. The summed E-state index contributed by atoms with van der Waals surface area (Å²) >= 11 is 0. The Bertz CT molecular complexity index is 707. The van der Waals surface area contributed by atoms with Crippen molar-refractivity contribution in [2.45, 2.75) is 20.4 Å². The molecule has 0 aliphatic carbocycles. The van der Waals surface area contributed by atoms with Crippen LogP contribution in [-0.4, -0.2) is 20.2 Å². The van der Waals surface area contributed by atoms with Crippen LogP contribution in [0.5, 0.6) is 0 Å². The lowest BCUT2D eigenvalue weighted by Crippen LogP contribution is -1.98. The van der Waals surface area contributed by atoms with E-state index in [2.05, 4.69) is 32.3 Å². The summed E-state index contributed by atoms with van der Waals surface area (Å²) in [5.74, 6) is 0.921. The fraction of sp³-hybridized carbons (Fsp3) is 0.231. The van der Waals surface area contributed by atoms with Gasteiger partial charge in [-0.15, -0.1) is 0 Å². The van der Waals surface area contributed by atoms with Crippen LogP contribution in [0.3, 0.4) is 0 Å². The van der Waals surface area contributed by atoms with Crippen LogP contribution in [0, 0.1) is 13.8 Å². The van der Waals surface area contributed by atoms with Gasteiger partial charge in [0.25, 0.3) is 0 Å². The second-order valence-corrected chi connectivity index (χ2v) is 4.43. The van der Waals surface area contributed by atoms with E-state index in [1.165, 1.54) is 0 Å². The molecule has 0 saturated heterocycles. The van der Waals surface area contributed by atoms with Gasteiger partial charge in [0.05, 0.1) is 16.7 Å². The number of nitrogens with one attached hydrogen (secondary N) is 2. The number of hydrogen-bond acceptors (Lipinski definition) is 3. The maximum absolute atomic E-state index is 5.72. The SMILES string of the molecule is Cc1nc2ccc(-c3c(CN)n[nH]c3C)cc2[nH]1. The molecular formula is C13H15N5. The summed E-state index contributed by atoms with van der Waals surface area (Å²) in [5.41, 5.74) is 11.9. The zero-order valence-corrected chi connectivity index (χ0v) is 10.4. The van der Waals surface area contributed by atoms with Crippen LogP contribution in [0.2, 0.25) is 0 Å². The number of aromatic amines is 2. The van der Waals surface area contributed by atoms with E-state index in [9.17, 15) is 0 Å². The van der Waals surface area contributed by atoms with Gasteiger partial charge in [-0.2, -0.15) is 5.10 Å². The predicted molar refractivity (Wildman–Crippen MR) is 71.0 cm³/mol. The molecule has 0 aliphatic heterocycles. The van der Waals surface area contributed by atoms with Crippen LogP contribution in [0.15, 0.2) is 18.2 Å². The van der Waals surface area contributed by atoms with E-state index >= 15 is 0 Å². The molecule has 5 nitrogen and oxygen atoms in total. The lowest BCUT2D eigenvalue weighted by Gasteiger charge is -2.02. The van der Waals surface area contributed by atoms with Gasteiger partial charge in [0.2, 0.25) is 0 Å². The van der Waals surface area contributed by atoms with Crippen molar-refractivity contribution in [3.05, 3.63) is 35.4 Å². The van der Waals surface area contributed by atoms with Gasteiger partial charge in [0.15, 0.2) is 0 Å². The molecule has 18 heavy (non-hydrogen) atoms. The van der Waals surface area contributed by atoms with E-state index in [-0.39, 0.29) is 0 Å². The molecule has 0 radical (unpaired) electrons. The lowest BCUT2D eigenvalue weighted by atomic mass is 10.0. The standard InChI is InChI=1S/C13H15N5/c1-7-13(12(6-14)18-17-7)9-3-4-10-11(5-9)16-8(2)15-10/h3-5H,6,14H2,1-2H3,(H,15,16)(H,17,18). The summed E-state index contributed by atoms with van der Waals surface area (Å²) in [6.07, 6.45) is 0. The van der Waals surface area contributed by atoms with Crippen LogP contribution in [-0.2, 0) is 6.54 Å². The first-order valence-corrected chi connectivity index (χ1v) is 5.89. The molecule has 0 aliphatic rings. The normalized spacial score (nSPS) is 11.3. The zero-order valence-electron chi connectivity index (χ0n) is 10.4.